The van der Waals surface area contributed by atoms with Crippen LogP contribution in [0.3, 0.4) is 0 Å². The predicted octanol–water partition coefficient (Wildman–Crippen LogP) is 3.17. The van der Waals surface area contributed by atoms with Crippen LogP contribution in [0, 0.1) is 5.82 Å². The van der Waals surface area contributed by atoms with Crippen molar-refractivity contribution in [2.24, 2.45) is 0 Å². The van der Waals surface area contributed by atoms with Crippen molar-refractivity contribution in [2.45, 2.75) is 6.11 Å². The predicted molar refractivity (Wildman–Crippen MR) is 42.5 cm³/mol. The van der Waals surface area contributed by atoms with Crippen LogP contribution in [0.15, 0.2) is 12.1 Å². The quantitative estimate of drug-likeness (QED) is 0.736. The van der Waals surface area contributed by atoms with Crippen LogP contribution in [-0.2, 0) is 6.11 Å². The van der Waals surface area contributed by atoms with Crippen LogP contribution in [0.4, 0.5) is 13.2 Å². The van der Waals surface area contributed by atoms with Gasteiger partial charge in [0, 0.05) is 5.02 Å². The summed E-state index contributed by atoms with van der Waals surface area (Å²) in [4.78, 5) is 0. The Kier molecular flexibility index (Phi) is 2.75. The van der Waals surface area contributed by atoms with Gasteiger partial charge in [0.05, 0.1) is 10.6 Å². The highest BCUT2D eigenvalue weighted by Crippen LogP contribution is 2.32. The summed E-state index contributed by atoms with van der Waals surface area (Å²) < 4.78 is 37.4. The second kappa shape index (κ2) is 3.36. The molecule has 1 aromatic carbocycles. The Bertz CT molecular complexity index is 335. The minimum absolute atomic E-state index is 0.171. The van der Waals surface area contributed by atoms with Crippen molar-refractivity contribution in [1.82, 2.24) is 0 Å². The van der Waals surface area contributed by atoms with Crippen molar-refractivity contribution in [1.29, 1.82) is 0 Å². The van der Waals surface area contributed by atoms with Gasteiger partial charge in [-0.2, -0.15) is 8.78 Å². The Morgan fingerprint density at radius 2 is 1.77 bits per heavy atom. The highest BCUT2D eigenvalue weighted by atomic mass is 35.5. The maximum Gasteiger partial charge on any atom is 0.383 e. The van der Waals surface area contributed by atoms with Crippen LogP contribution in [0.1, 0.15) is 5.56 Å². The van der Waals surface area contributed by atoms with Gasteiger partial charge in [-0.05, 0) is 12.1 Å². The first-order chi connectivity index (χ1) is 5.82. The van der Waals surface area contributed by atoms with Crippen LogP contribution in [0.5, 0.6) is 0 Å². The Morgan fingerprint density at radius 3 is 2.23 bits per heavy atom. The second-order valence-corrected chi connectivity index (χ2v) is 3.13. The third-order valence-electron chi connectivity index (χ3n) is 1.32. The maximum atomic E-state index is 12.8. The van der Waals surface area contributed by atoms with Gasteiger partial charge < -0.3 is 5.11 Å². The molecule has 0 radical (unpaired) electrons. The van der Waals surface area contributed by atoms with E-state index in [0.717, 1.165) is 6.07 Å². The molecule has 1 rings (SSSR count). The third kappa shape index (κ3) is 2.27. The highest BCUT2D eigenvalue weighted by Gasteiger charge is 2.32. The first kappa shape index (κ1) is 10.6. The van der Waals surface area contributed by atoms with E-state index in [1.54, 1.807) is 0 Å². The fraction of sp³-hybridized carbons (Fsp3) is 0.143. The van der Waals surface area contributed by atoms with Gasteiger partial charge in [0.25, 0.3) is 0 Å². The average Bonchev–Trinajstić information content (AvgIpc) is 1.94. The Labute approximate surface area is 81.7 Å². The van der Waals surface area contributed by atoms with Crippen molar-refractivity contribution in [3.8, 4) is 0 Å². The molecule has 0 unspecified atom stereocenters. The molecule has 0 aromatic heterocycles. The zero-order chi connectivity index (χ0) is 10.2. The van der Waals surface area contributed by atoms with Gasteiger partial charge in [0.2, 0.25) is 0 Å². The fourth-order valence-electron chi connectivity index (χ4n) is 0.775. The minimum atomic E-state index is -4.28. The van der Waals surface area contributed by atoms with E-state index in [0.29, 0.717) is 6.07 Å². The monoisotopic (exact) mass is 230 g/mol. The van der Waals surface area contributed by atoms with E-state index in [1.807, 2.05) is 0 Å². The van der Waals surface area contributed by atoms with E-state index < -0.39 is 22.5 Å². The summed E-state index contributed by atoms with van der Waals surface area (Å²) >= 11 is 10.6. The molecule has 0 saturated heterocycles. The van der Waals surface area contributed by atoms with Crippen molar-refractivity contribution in [3.63, 3.8) is 0 Å². The van der Waals surface area contributed by atoms with E-state index in [-0.39, 0.29) is 5.02 Å². The molecule has 0 bridgehead atoms. The van der Waals surface area contributed by atoms with Gasteiger partial charge in [-0.15, -0.1) is 0 Å². The van der Waals surface area contributed by atoms with Gasteiger partial charge in [-0.1, -0.05) is 23.2 Å². The molecule has 0 heterocycles. The largest absolute Gasteiger partial charge is 0.383 e. The zero-order valence-corrected chi connectivity index (χ0v) is 7.50. The fourth-order valence-corrected chi connectivity index (χ4v) is 1.27. The topological polar surface area (TPSA) is 20.2 Å². The zero-order valence-electron chi connectivity index (χ0n) is 5.99. The SMILES string of the molecule is OC(F)(F)c1cc(Cl)cc(Cl)c1F. The van der Waals surface area contributed by atoms with E-state index in [2.05, 4.69) is 0 Å². The van der Waals surface area contributed by atoms with E-state index >= 15 is 0 Å². The standard InChI is InChI=1S/C7H3Cl2F3O/c8-3-1-4(7(11,12)13)6(10)5(9)2-3/h1-2,13H. The molecule has 1 N–H and O–H groups in total. The molecule has 6 heteroatoms. The van der Waals surface area contributed by atoms with Gasteiger partial charge in [-0.25, -0.2) is 4.39 Å². The van der Waals surface area contributed by atoms with Gasteiger partial charge in [0.1, 0.15) is 0 Å². The molecule has 0 saturated carbocycles. The number of hydrogen-bond donors (Lipinski definition) is 1. The number of aliphatic hydroxyl groups is 1. The molecule has 0 aliphatic heterocycles. The van der Waals surface area contributed by atoms with Crippen LogP contribution in [-0.4, -0.2) is 5.11 Å². The number of alkyl halides is 2. The van der Waals surface area contributed by atoms with Crippen molar-refractivity contribution in [3.05, 3.63) is 33.6 Å². The summed E-state index contributed by atoms with van der Waals surface area (Å²) in [5, 5.41) is 7.50. The summed E-state index contributed by atoms with van der Waals surface area (Å²) in [6.45, 7) is 0. The molecule has 0 aliphatic rings. The van der Waals surface area contributed by atoms with Crippen molar-refractivity contribution < 1.29 is 18.3 Å². The molecule has 0 fully saturated rings. The van der Waals surface area contributed by atoms with E-state index in [4.69, 9.17) is 28.3 Å². The highest BCUT2D eigenvalue weighted by molar-refractivity contribution is 6.34. The Morgan fingerprint density at radius 1 is 1.23 bits per heavy atom. The molecule has 0 atom stereocenters. The first-order valence-corrected chi connectivity index (χ1v) is 3.83. The van der Waals surface area contributed by atoms with Gasteiger partial charge in [0.15, 0.2) is 5.82 Å². The lowest BCUT2D eigenvalue weighted by atomic mass is 10.2. The van der Waals surface area contributed by atoms with Crippen LogP contribution >= 0.6 is 23.2 Å². The summed E-state index contributed by atoms with van der Waals surface area (Å²) in [6.07, 6.45) is -4.28. The molecule has 13 heavy (non-hydrogen) atoms. The Balaban J connectivity index is 3.37. The molecule has 0 spiro atoms. The molecule has 0 aliphatic carbocycles. The number of hydrogen-bond acceptors (Lipinski definition) is 1. The smallest absolute Gasteiger partial charge is 0.332 e. The number of halogens is 5. The molecular weight excluding hydrogens is 228 g/mol. The number of rotatable bonds is 1. The van der Waals surface area contributed by atoms with Gasteiger partial charge in [-0.3, -0.25) is 0 Å². The molecule has 72 valence electrons. The Hall–Kier alpha value is -0.450. The van der Waals surface area contributed by atoms with E-state index in [9.17, 15) is 13.2 Å². The summed E-state index contributed by atoms with van der Waals surface area (Å²) in [7, 11) is 0. The summed E-state index contributed by atoms with van der Waals surface area (Å²) in [5.74, 6) is -1.38. The van der Waals surface area contributed by atoms with Crippen LogP contribution < -0.4 is 0 Å². The lowest BCUT2D eigenvalue weighted by Gasteiger charge is -2.10. The second-order valence-electron chi connectivity index (χ2n) is 2.29. The molecule has 0 amide bonds. The lowest BCUT2D eigenvalue weighted by Crippen LogP contribution is -2.14. The van der Waals surface area contributed by atoms with Crippen LogP contribution in [0.2, 0.25) is 10.0 Å². The van der Waals surface area contributed by atoms with E-state index in [1.165, 1.54) is 0 Å². The third-order valence-corrected chi connectivity index (χ3v) is 1.81. The summed E-state index contributed by atoms with van der Waals surface area (Å²) in [5.41, 5.74) is -1.23. The average molecular weight is 231 g/mol. The van der Waals surface area contributed by atoms with Crippen molar-refractivity contribution >= 4 is 23.2 Å². The summed E-state index contributed by atoms with van der Waals surface area (Å²) in [6, 6.07) is 1.58. The normalized spacial score (nSPS) is 11.8. The first-order valence-electron chi connectivity index (χ1n) is 3.07. The molecule has 1 aromatic rings. The van der Waals surface area contributed by atoms with Crippen molar-refractivity contribution in [2.75, 3.05) is 0 Å². The number of benzene rings is 1. The molecule has 1 nitrogen and oxygen atoms in total. The lowest BCUT2D eigenvalue weighted by molar-refractivity contribution is -0.210. The molecular formula is C7H3Cl2F3O. The van der Waals surface area contributed by atoms with Crippen LogP contribution in [0.25, 0.3) is 0 Å². The minimum Gasteiger partial charge on any atom is -0.332 e. The maximum absolute atomic E-state index is 12.8. The van der Waals surface area contributed by atoms with Gasteiger partial charge >= 0.3 is 6.11 Å².